The molecule has 1 aromatic carbocycles. The van der Waals surface area contributed by atoms with E-state index in [1.165, 1.54) is 12.8 Å². The standard InChI is InChI=1S/C23H42O4Si2/c1-9-10-11-12-21(26-28(3,4)5)18-20(24)15-13-19-14-16-22(23(17-19)25-2)27-29(6,7)8/h14,16-17,21H,9-13,15,18H2,1-8H3. The van der Waals surface area contributed by atoms with Crippen LogP contribution in [-0.2, 0) is 15.6 Å². The van der Waals surface area contributed by atoms with Crippen molar-refractivity contribution >= 4 is 22.4 Å². The molecule has 0 radical (unpaired) electrons. The molecule has 0 fully saturated rings. The summed E-state index contributed by atoms with van der Waals surface area (Å²) in [4.78, 5) is 12.6. The Morgan fingerprint density at radius 2 is 1.69 bits per heavy atom. The van der Waals surface area contributed by atoms with Crippen molar-refractivity contribution in [3.05, 3.63) is 23.8 Å². The SMILES string of the molecule is CCCCCC(CC(=O)CCc1ccc(O[Si](C)(C)C)c(OC)c1)O[Si](C)(C)C. The zero-order valence-electron chi connectivity index (χ0n) is 19.9. The lowest BCUT2D eigenvalue weighted by atomic mass is 10.0. The quantitative estimate of drug-likeness (QED) is 0.242. The number of aryl methyl sites for hydroxylation is 1. The van der Waals surface area contributed by atoms with Crippen LogP contribution in [0.5, 0.6) is 11.5 Å². The van der Waals surface area contributed by atoms with Crippen LogP contribution >= 0.6 is 0 Å². The van der Waals surface area contributed by atoms with E-state index < -0.39 is 16.6 Å². The van der Waals surface area contributed by atoms with E-state index >= 15 is 0 Å². The molecule has 0 aromatic heterocycles. The van der Waals surface area contributed by atoms with Gasteiger partial charge in [-0.1, -0.05) is 32.3 Å². The van der Waals surface area contributed by atoms with E-state index in [2.05, 4.69) is 46.2 Å². The number of ketones is 1. The minimum atomic E-state index is -1.70. The van der Waals surface area contributed by atoms with Gasteiger partial charge < -0.3 is 13.6 Å². The molecule has 0 aliphatic carbocycles. The van der Waals surface area contributed by atoms with Crippen LogP contribution in [0.15, 0.2) is 18.2 Å². The molecule has 4 nitrogen and oxygen atoms in total. The number of hydrogen-bond acceptors (Lipinski definition) is 4. The molecule has 29 heavy (non-hydrogen) atoms. The van der Waals surface area contributed by atoms with E-state index in [4.69, 9.17) is 13.6 Å². The summed E-state index contributed by atoms with van der Waals surface area (Å²) in [6.45, 7) is 15.2. The smallest absolute Gasteiger partial charge is 0.242 e. The fourth-order valence-corrected chi connectivity index (χ4v) is 5.28. The summed E-state index contributed by atoms with van der Waals surface area (Å²) in [5.74, 6) is 1.82. The van der Waals surface area contributed by atoms with Crippen molar-refractivity contribution < 1.29 is 18.4 Å². The summed E-state index contributed by atoms with van der Waals surface area (Å²) in [6.07, 6.45) is 6.37. The topological polar surface area (TPSA) is 44.8 Å². The molecule has 0 bridgehead atoms. The number of rotatable bonds is 14. The van der Waals surface area contributed by atoms with E-state index in [1.54, 1.807) is 7.11 Å². The molecule has 0 aliphatic heterocycles. The maximum Gasteiger partial charge on any atom is 0.242 e. The monoisotopic (exact) mass is 438 g/mol. The Bertz CT molecular complexity index is 633. The average Bonchev–Trinajstić information content (AvgIpc) is 2.58. The van der Waals surface area contributed by atoms with E-state index in [-0.39, 0.29) is 11.9 Å². The summed E-state index contributed by atoms with van der Waals surface area (Å²) < 4.78 is 17.9. The van der Waals surface area contributed by atoms with Gasteiger partial charge >= 0.3 is 0 Å². The molecular weight excluding hydrogens is 396 g/mol. The molecule has 166 valence electrons. The number of unbranched alkanes of at least 4 members (excludes halogenated alkanes) is 2. The zero-order chi connectivity index (χ0) is 22.1. The maximum atomic E-state index is 12.6. The molecule has 0 saturated carbocycles. The van der Waals surface area contributed by atoms with Crippen LogP contribution in [-0.4, -0.2) is 35.6 Å². The number of carbonyl (C=O) groups is 1. The van der Waals surface area contributed by atoms with Crippen molar-refractivity contribution in [2.75, 3.05) is 7.11 Å². The fourth-order valence-electron chi connectivity index (χ4n) is 3.25. The van der Waals surface area contributed by atoms with Gasteiger partial charge in [0, 0.05) is 12.8 Å². The first kappa shape index (κ1) is 25.9. The van der Waals surface area contributed by atoms with Crippen molar-refractivity contribution in [1.29, 1.82) is 0 Å². The summed E-state index contributed by atoms with van der Waals surface area (Å²) in [5.41, 5.74) is 1.10. The van der Waals surface area contributed by atoms with E-state index in [1.807, 2.05) is 18.2 Å². The van der Waals surface area contributed by atoms with Crippen LogP contribution in [0.25, 0.3) is 0 Å². The van der Waals surface area contributed by atoms with Gasteiger partial charge in [0.05, 0.1) is 13.2 Å². The third-order valence-electron chi connectivity index (χ3n) is 4.44. The van der Waals surface area contributed by atoms with Gasteiger partial charge in [-0.2, -0.15) is 0 Å². The minimum Gasteiger partial charge on any atom is -0.542 e. The van der Waals surface area contributed by atoms with Crippen molar-refractivity contribution in [3.63, 3.8) is 0 Å². The lowest BCUT2D eigenvalue weighted by molar-refractivity contribution is -0.120. The van der Waals surface area contributed by atoms with Gasteiger partial charge in [0.15, 0.2) is 14.1 Å². The largest absolute Gasteiger partial charge is 0.542 e. The second kappa shape index (κ2) is 11.9. The van der Waals surface area contributed by atoms with Crippen molar-refractivity contribution in [3.8, 4) is 11.5 Å². The molecule has 1 aromatic rings. The molecule has 0 heterocycles. The van der Waals surface area contributed by atoms with Crippen molar-refractivity contribution in [2.45, 2.75) is 97.3 Å². The first-order valence-corrected chi connectivity index (χ1v) is 17.8. The van der Waals surface area contributed by atoms with E-state index in [9.17, 15) is 4.79 Å². The molecule has 1 unspecified atom stereocenters. The second-order valence-corrected chi connectivity index (χ2v) is 18.7. The summed E-state index contributed by atoms with van der Waals surface area (Å²) in [6, 6.07) is 6.02. The summed E-state index contributed by atoms with van der Waals surface area (Å²) in [5, 5.41) is 0. The molecule has 0 spiro atoms. The zero-order valence-corrected chi connectivity index (χ0v) is 21.9. The fraction of sp³-hybridized carbons (Fsp3) is 0.696. The Morgan fingerprint density at radius 3 is 2.24 bits per heavy atom. The highest BCUT2D eigenvalue weighted by molar-refractivity contribution is 6.70. The third kappa shape index (κ3) is 11.6. The van der Waals surface area contributed by atoms with Crippen LogP contribution in [0.1, 0.15) is 51.0 Å². The van der Waals surface area contributed by atoms with Gasteiger partial charge in [-0.25, -0.2) is 0 Å². The number of ether oxygens (including phenoxy) is 1. The Balaban J connectivity index is 2.66. The normalized spacial score (nSPS) is 13.2. The van der Waals surface area contributed by atoms with Gasteiger partial charge in [0.1, 0.15) is 11.5 Å². The lowest BCUT2D eigenvalue weighted by Gasteiger charge is -2.26. The Labute approximate surface area is 180 Å². The molecule has 1 atom stereocenters. The first-order valence-electron chi connectivity index (χ1n) is 11.0. The molecule has 0 N–H and O–H groups in total. The van der Waals surface area contributed by atoms with Crippen LogP contribution in [0.2, 0.25) is 39.3 Å². The van der Waals surface area contributed by atoms with E-state index in [0.717, 1.165) is 36.3 Å². The van der Waals surface area contributed by atoms with Gasteiger partial charge in [-0.15, -0.1) is 0 Å². The number of hydrogen-bond donors (Lipinski definition) is 0. The van der Waals surface area contributed by atoms with Gasteiger partial charge in [0.2, 0.25) is 8.32 Å². The van der Waals surface area contributed by atoms with Gasteiger partial charge in [0.25, 0.3) is 0 Å². The number of benzene rings is 1. The van der Waals surface area contributed by atoms with Crippen molar-refractivity contribution in [1.82, 2.24) is 0 Å². The minimum absolute atomic E-state index is 0.0720. The maximum absolute atomic E-state index is 12.6. The molecule has 0 saturated heterocycles. The van der Waals surface area contributed by atoms with Gasteiger partial charge in [-0.3, -0.25) is 4.79 Å². The molecule has 0 amide bonds. The highest BCUT2D eigenvalue weighted by atomic mass is 28.4. The highest BCUT2D eigenvalue weighted by Crippen LogP contribution is 2.30. The second-order valence-electron chi connectivity index (χ2n) is 9.79. The molecule has 6 heteroatoms. The predicted molar refractivity (Wildman–Crippen MR) is 127 cm³/mol. The Hall–Kier alpha value is -1.12. The predicted octanol–water partition coefficient (Wildman–Crippen LogP) is 6.60. The summed E-state index contributed by atoms with van der Waals surface area (Å²) >= 11 is 0. The number of Topliss-reactive ketones (excluding diaryl/α,β-unsaturated/α-hetero) is 1. The average molecular weight is 439 g/mol. The van der Waals surface area contributed by atoms with Crippen LogP contribution < -0.4 is 9.16 Å². The molecule has 1 rings (SSSR count). The first-order chi connectivity index (χ1) is 13.4. The number of carbonyl (C=O) groups excluding carboxylic acids is 1. The highest BCUT2D eigenvalue weighted by Gasteiger charge is 2.23. The Morgan fingerprint density at radius 1 is 1.00 bits per heavy atom. The molecule has 0 aliphatic rings. The Kier molecular flexibility index (Phi) is 10.6. The van der Waals surface area contributed by atoms with Crippen LogP contribution in [0.3, 0.4) is 0 Å². The van der Waals surface area contributed by atoms with Gasteiger partial charge in [-0.05, 0) is 69.8 Å². The third-order valence-corrected chi connectivity index (χ3v) is 6.31. The summed E-state index contributed by atoms with van der Waals surface area (Å²) in [7, 11) is -1.69. The van der Waals surface area contributed by atoms with Crippen molar-refractivity contribution in [2.24, 2.45) is 0 Å². The van der Waals surface area contributed by atoms with Crippen LogP contribution in [0.4, 0.5) is 0 Å². The lowest BCUT2D eigenvalue weighted by Crippen LogP contribution is -2.33. The number of methoxy groups -OCH3 is 1. The van der Waals surface area contributed by atoms with Crippen LogP contribution in [0, 0.1) is 0 Å². The van der Waals surface area contributed by atoms with E-state index in [0.29, 0.717) is 12.8 Å². The molecular formula is C23H42O4Si2.